The molecule has 0 fully saturated rings. The van der Waals surface area contributed by atoms with Gasteiger partial charge < -0.3 is 4.74 Å². The van der Waals surface area contributed by atoms with Crippen LogP contribution in [0.15, 0.2) is 29.2 Å². The summed E-state index contributed by atoms with van der Waals surface area (Å²) in [6, 6.07) is 6.44. The van der Waals surface area contributed by atoms with Crippen LogP contribution in [0.1, 0.15) is 6.92 Å². The molecule has 1 aromatic rings. The van der Waals surface area contributed by atoms with Crippen LogP contribution >= 0.6 is 12.6 Å². The van der Waals surface area contributed by atoms with Crippen LogP contribution in [0.5, 0.6) is 5.75 Å². The van der Waals surface area contributed by atoms with Gasteiger partial charge in [0.05, 0.1) is 17.8 Å². The number of benzene rings is 1. The maximum absolute atomic E-state index is 11.9. The van der Waals surface area contributed by atoms with E-state index < -0.39 is 9.84 Å². The molecule has 5 heteroatoms. The largest absolute Gasteiger partial charge is 0.497 e. The SMILES string of the molecule is COc1ccc(S(=O)(=O)CC(C)CS)cc1. The van der Waals surface area contributed by atoms with E-state index in [0.717, 1.165) is 0 Å². The van der Waals surface area contributed by atoms with Gasteiger partial charge in [0, 0.05) is 0 Å². The van der Waals surface area contributed by atoms with E-state index in [2.05, 4.69) is 12.6 Å². The van der Waals surface area contributed by atoms with Crippen molar-refractivity contribution in [2.24, 2.45) is 5.92 Å². The molecule has 0 amide bonds. The topological polar surface area (TPSA) is 43.4 Å². The van der Waals surface area contributed by atoms with Crippen LogP contribution in [-0.2, 0) is 9.84 Å². The number of hydrogen-bond acceptors (Lipinski definition) is 4. The molecule has 0 heterocycles. The molecule has 1 unspecified atom stereocenters. The summed E-state index contributed by atoms with van der Waals surface area (Å²) in [6.07, 6.45) is 0. The molecule has 3 nitrogen and oxygen atoms in total. The second-order valence-corrected chi connectivity index (χ2v) is 6.14. The van der Waals surface area contributed by atoms with E-state index in [1.165, 1.54) is 0 Å². The molecule has 0 aliphatic carbocycles. The van der Waals surface area contributed by atoms with Crippen molar-refractivity contribution in [1.82, 2.24) is 0 Å². The van der Waals surface area contributed by atoms with Gasteiger partial charge in [-0.25, -0.2) is 8.42 Å². The predicted molar refractivity (Wildman–Crippen MR) is 68.1 cm³/mol. The van der Waals surface area contributed by atoms with Gasteiger partial charge in [-0.1, -0.05) is 6.92 Å². The van der Waals surface area contributed by atoms with E-state index in [0.29, 0.717) is 16.4 Å². The molecule has 0 bridgehead atoms. The Hall–Kier alpha value is -0.680. The summed E-state index contributed by atoms with van der Waals surface area (Å²) in [6.45, 7) is 1.87. The smallest absolute Gasteiger partial charge is 0.178 e. The zero-order valence-electron chi connectivity index (χ0n) is 9.38. The lowest BCUT2D eigenvalue weighted by Gasteiger charge is -2.09. The first-order chi connectivity index (χ1) is 7.49. The highest BCUT2D eigenvalue weighted by Crippen LogP contribution is 2.18. The van der Waals surface area contributed by atoms with Crippen molar-refractivity contribution < 1.29 is 13.2 Å². The number of thiol groups is 1. The standard InChI is InChI=1S/C11H16O3S2/c1-9(7-15)8-16(12,13)11-5-3-10(14-2)4-6-11/h3-6,9,15H,7-8H2,1-2H3. The Balaban J connectivity index is 2.90. The van der Waals surface area contributed by atoms with Gasteiger partial charge in [0.2, 0.25) is 0 Å². The van der Waals surface area contributed by atoms with Gasteiger partial charge in [-0.05, 0) is 35.9 Å². The average molecular weight is 260 g/mol. The highest BCUT2D eigenvalue weighted by atomic mass is 32.2. The van der Waals surface area contributed by atoms with Crippen LogP contribution in [0.4, 0.5) is 0 Å². The van der Waals surface area contributed by atoms with E-state index in [1.54, 1.807) is 31.4 Å². The Bertz CT molecular complexity index is 423. The molecule has 1 atom stereocenters. The molecule has 1 rings (SSSR count). The molecule has 16 heavy (non-hydrogen) atoms. The second kappa shape index (κ2) is 5.59. The van der Waals surface area contributed by atoms with Crippen molar-refractivity contribution in [2.45, 2.75) is 11.8 Å². The van der Waals surface area contributed by atoms with E-state index in [9.17, 15) is 8.42 Å². The lowest BCUT2D eigenvalue weighted by atomic mass is 10.3. The summed E-state index contributed by atoms with van der Waals surface area (Å²) >= 11 is 4.09. The highest BCUT2D eigenvalue weighted by Gasteiger charge is 2.17. The van der Waals surface area contributed by atoms with Gasteiger partial charge in [-0.2, -0.15) is 12.6 Å². The normalized spacial score (nSPS) is 13.4. The molecule has 0 spiro atoms. The summed E-state index contributed by atoms with van der Waals surface area (Å²) in [4.78, 5) is 0.335. The number of methoxy groups -OCH3 is 1. The number of sulfone groups is 1. The van der Waals surface area contributed by atoms with Crippen molar-refractivity contribution in [3.8, 4) is 5.75 Å². The lowest BCUT2D eigenvalue weighted by Crippen LogP contribution is -2.15. The fourth-order valence-corrected chi connectivity index (χ4v) is 3.22. The van der Waals surface area contributed by atoms with Crippen LogP contribution in [-0.4, -0.2) is 27.0 Å². The van der Waals surface area contributed by atoms with E-state index in [1.807, 2.05) is 6.92 Å². The number of hydrogen-bond donors (Lipinski definition) is 1. The van der Waals surface area contributed by atoms with Gasteiger partial charge in [0.15, 0.2) is 9.84 Å². The van der Waals surface area contributed by atoms with Crippen LogP contribution in [0.25, 0.3) is 0 Å². The molecular formula is C11H16O3S2. The summed E-state index contributed by atoms with van der Waals surface area (Å²) in [5.74, 6) is 1.40. The zero-order chi connectivity index (χ0) is 12.2. The molecule has 0 N–H and O–H groups in total. The summed E-state index contributed by atoms with van der Waals surface area (Å²) in [5.41, 5.74) is 0. The van der Waals surface area contributed by atoms with Gasteiger partial charge in [0.25, 0.3) is 0 Å². The molecule has 0 saturated heterocycles. The number of rotatable bonds is 5. The molecule has 0 aliphatic rings. The minimum Gasteiger partial charge on any atom is -0.497 e. The van der Waals surface area contributed by atoms with Crippen molar-refractivity contribution in [3.05, 3.63) is 24.3 Å². The van der Waals surface area contributed by atoms with Crippen LogP contribution in [0, 0.1) is 5.92 Å². The first kappa shape index (κ1) is 13.4. The molecule has 0 radical (unpaired) electrons. The minimum atomic E-state index is -3.20. The maximum atomic E-state index is 11.9. The average Bonchev–Trinajstić information content (AvgIpc) is 2.28. The molecule has 0 saturated carbocycles. The minimum absolute atomic E-state index is 0.0513. The third-order valence-corrected chi connectivity index (χ3v) is 4.86. The molecule has 0 aliphatic heterocycles. The fourth-order valence-electron chi connectivity index (χ4n) is 1.31. The Morgan fingerprint density at radius 2 is 1.88 bits per heavy atom. The van der Waals surface area contributed by atoms with Crippen molar-refractivity contribution in [2.75, 3.05) is 18.6 Å². The highest BCUT2D eigenvalue weighted by molar-refractivity contribution is 7.91. The Labute approximate surface area is 102 Å². The van der Waals surface area contributed by atoms with Crippen LogP contribution in [0.2, 0.25) is 0 Å². The van der Waals surface area contributed by atoms with Crippen molar-refractivity contribution >= 4 is 22.5 Å². The second-order valence-electron chi connectivity index (χ2n) is 3.74. The Morgan fingerprint density at radius 3 is 2.31 bits per heavy atom. The van der Waals surface area contributed by atoms with Gasteiger partial charge in [-0.3, -0.25) is 0 Å². The summed E-state index contributed by atoms with van der Waals surface area (Å²) < 4.78 is 28.8. The van der Waals surface area contributed by atoms with Crippen molar-refractivity contribution in [1.29, 1.82) is 0 Å². The van der Waals surface area contributed by atoms with Crippen LogP contribution in [0.3, 0.4) is 0 Å². The van der Waals surface area contributed by atoms with E-state index in [-0.39, 0.29) is 11.7 Å². The van der Waals surface area contributed by atoms with Gasteiger partial charge in [-0.15, -0.1) is 0 Å². The van der Waals surface area contributed by atoms with Gasteiger partial charge in [0.1, 0.15) is 5.75 Å². The van der Waals surface area contributed by atoms with Gasteiger partial charge >= 0.3 is 0 Å². The molecule has 1 aromatic carbocycles. The maximum Gasteiger partial charge on any atom is 0.178 e. The quantitative estimate of drug-likeness (QED) is 0.824. The number of ether oxygens (including phenoxy) is 1. The summed E-state index contributed by atoms with van der Waals surface area (Å²) in [7, 11) is -1.65. The first-order valence-electron chi connectivity index (χ1n) is 4.97. The molecule has 90 valence electrons. The third kappa shape index (κ3) is 3.42. The molecular weight excluding hydrogens is 244 g/mol. The zero-order valence-corrected chi connectivity index (χ0v) is 11.1. The Kier molecular flexibility index (Phi) is 4.68. The molecule has 0 aromatic heterocycles. The van der Waals surface area contributed by atoms with Crippen LogP contribution < -0.4 is 4.74 Å². The monoisotopic (exact) mass is 260 g/mol. The predicted octanol–water partition coefficient (Wildman–Crippen LogP) is 2.03. The van der Waals surface area contributed by atoms with E-state index >= 15 is 0 Å². The first-order valence-corrected chi connectivity index (χ1v) is 7.25. The van der Waals surface area contributed by atoms with Crippen molar-refractivity contribution in [3.63, 3.8) is 0 Å². The Morgan fingerprint density at radius 1 is 1.31 bits per heavy atom. The van der Waals surface area contributed by atoms with E-state index in [4.69, 9.17) is 4.74 Å². The fraction of sp³-hybridized carbons (Fsp3) is 0.455. The summed E-state index contributed by atoms with van der Waals surface area (Å²) in [5, 5.41) is 0. The lowest BCUT2D eigenvalue weighted by molar-refractivity contribution is 0.414. The third-order valence-electron chi connectivity index (χ3n) is 2.23.